The largest absolute Gasteiger partial charge is 0.491 e. The molecular formula is C15H24N2O3. The lowest BCUT2D eigenvalue weighted by Crippen LogP contribution is -2.37. The maximum atomic E-state index is 10.1. The van der Waals surface area contributed by atoms with E-state index < -0.39 is 6.10 Å². The minimum absolute atomic E-state index is 0.286. The predicted octanol–water partition coefficient (Wildman–Crippen LogP) is 0.607. The van der Waals surface area contributed by atoms with E-state index in [9.17, 15) is 5.11 Å². The van der Waals surface area contributed by atoms with Crippen molar-refractivity contribution in [2.24, 2.45) is 5.73 Å². The average Bonchev–Trinajstić information content (AvgIpc) is 2.74. The standard InChI is InChI=1S/C15H24N2O3/c16-10-13-4-1-2-5-15(13)20-12-14(18)11-17-6-3-8-19-9-7-17/h1-2,4-5,14,18H,3,6-12,16H2. The van der Waals surface area contributed by atoms with Crippen LogP contribution in [0, 0.1) is 0 Å². The van der Waals surface area contributed by atoms with Crippen LogP contribution < -0.4 is 10.5 Å². The molecule has 0 bridgehead atoms. The molecule has 0 aliphatic carbocycles. The lowest BCUT2D eigenvalue weighted by molar-refractivity contribution is 0.0655. The van der Waals surface area contributed by atoms with Crippen LogP contribution in [0.25, 0.3) is 0 Å². The van der Waals surface area contributed by atoms with Crippen molar-refractivity contribution in [1.29, 1.82) is 0 Å². The lowest BCUT2D eigenvalue weighted by atomic mass is 10.2. The molecule has 1 aromatic carbocycles. The van der Waals surface area contributed by atoms with Crippen molar-refractivity contribution in [3.05, 3.63) is 29.8 Å². The first-order valence-electron chi connectivity index (χ1n) is 7.18. The topological polar surface area (TPSA) is 68.0 Å². The number of hydrogen-bond donors (Lipinski definition) is 2. The first-order valence-corrected chi connectivity index (χ1v) is 7.18. The fourth-order valence-corrected chi connectivity index (χ4v) is 2.33. The third kappa shape index (κ3) is 4.76. The molecule has 1 unspecified atom stereocenters. The third-order valence-electron chi connectivity index (χ3n) is 3.41. The van der Waals surface area contributed by atoms with Gasteiger partial charge in [0.25, 0.3) is 0 Å². The first kappa shape index (κ1) is 15.3. The van der Waals surface area contributed by atoms with Crippen LogP contribution in [0.4, 0.5) is 0 Å². The molecule has 1 aliphatic rings. The Kier molecular flexibility index (Phi) is 6.26. The van der Waals surface area contributed by atoms with Gasteiger partial charge in [-0.2, -0.15) is 0 Å². The maximum absolute atomic E-state index is 10.1. The van der Waals surface area contributed by atoms with E-state index in [2.05, 4.69) is 4.90 Å². The van der Waals surface area contributed by atoms with E-state index in [1.807, 2.05) is 24.3 Å². The summed E-state index contributed by atoms with van der Waals surface area (Å²) in [6, 6.07) is 7.66. The number of ether oxygens (including phenoxy) is 2. The fraction of sp³-hybridized carbons (Fsp3) is 0.600. The molecule has 1 heterocycles. The molecule has 20 heavy (non-hydrogen) atoms. The molecule has 0 aromatic heterocycles. The van der Waals surface area contributed by atoms with Crippen LogP contribution in [0.15, 0.2) is 24.3 Å². The average molecular weight is 280 g/mol. The summed E-state index contributed by atoms with van der Waals surface area (Å²) < 4.78 is 11.1. The molecule has 5 heteroatoms. The highest BCUT2D eigenvalue weighted by molar-refractivity contribution is 5.32. The third-order valence-corrected chi connectivity index (χ3v) is 3.41. The Morgan fingerprint density at radius 1 is 1.30 bits per heavy atom. The molecule has 2 rings (SSSR count). The van der Waals surface area contributed by atoms with Crippen LogP contribution in [0.5, 0.6) is 5.75 Å². The van der Waals surface area contributed by atoms with Crippen molar-refractivity contribution in [2.45, 2.75) is 19.1 Å². The van der Waals surface area contributed by atoms with Crippen molar-refractivity contribution in [2.75, 3.05) is 39.5 Å². The lowest BCUT2D eigenvalue weighted by Gasteiger charge is -2.23. The summed E-state index contributed by atoms with van der Waals surface area (Å²) in [5, 5.41) is 10.1. The summed E-state index contributed by atoms with van der Waals surface area (Å²) in [7, 11) is 0. The van der Waals surface area contributed by atoms with Gasteiger partial charge in [0, 0.05) is 38.3 Å². The van der Waals surface area contributed by atoms with Gasteiger partial charge in [0.2, 0.25) is 0 Å². The monoisotopic (exact) mass is 280 g/mol. The molecule has 1 fully saturated rings. The number of β-amino-alcohol motifs (C(OH)–C–C–N with tert-alkyl or cyclic N) is 1. The molecule has 1 aliphatic heterocycles. The molecule has 1 aromatic rings. The highest BCUT2D eigenvalue weighted by Gasteiger charge is 2.14. The van der Waals surface area contributed by atoms with E-state index in [-0.39, 0.29) is 6.61 Å². The van der Waals surface area contributed by atoms with Gasteiger partial charge in [-0.25, -0.2) is 0 Å². The summed E-state index contributed by atoms with van der Waals surface area (Å²) in [5.74, 6) is 0.758. The Balaban J connectivity index is 1.77. The minimum Gasteiger partial charge on any atom is -0.491 e. The summed E-state index contributed by atoms with van der Waals surface area (Å²) in [6.07, 6.45) is 0.516. The second-order valence-electron chi connectivity index (χ2n) is 5.04. The molecule has 5 nitrogen and oxygen atoms in total. The molecule has 1 atom stereocenters. The Labute approximate surface area is 120 Å². The van der Waals surface area contributed by atoms with Crippen LogP contribution in [-0.2, 0) is 11.3 Å². The van der Waals surface area contributed by atoms with Gasteiger partial charge in [0.15, 0.2) is 0 Å². The van der Waals surface area contributed by atoms with Crippen LogP contribution >= 0.6 is 0 Å². The molecule has 0 saturated carbocycles. The van der Waals surface area contributed by atoms with Crippen molar-refractivity contribution in [1.82, 2.24) is 4.90 Å². The smallest absolute Gasteiger partial charge is 0.123 e. The summed E-state index contributed by atoms with van der Waals surface area (Å²) in [5.41, 5.74) is 6.62. The van der Waals surface area contributed by atoms with Crippen LogP contribution in [0.2, 0.25) is 0 Å². The van der Waals surface area contributed by atoms with E-state index in [4.69, 9.17) is 15.2 Å². The molecule has 0 spiro atoms. The van der Waals surface area contributed by atoms with E-state index in [0.29, 0.717) is 13.1 Å². The number of aliphatic hydroxyl groups is 1. The van der Waals surface area contributed by atoms with Gasteiger partial charge in [0.1, 0.15) is 18.5 Å². The normalized spacial score (nSPS) is 18.5. The van der Waals surface area contributed by atoms with E-state index >= 15 is 0 Å². The highest BCUT2D eigenvalue weighted by Crippen LogP contribution is 2.17. The van der Waals surface area contributed by atoms with Gasteiger partial charge in [-0.3, -0.25) is 4.90 Å². The van der Waals surface area contributed by atoms with Crippen molar-refractivity contribution < 1.29 is 14.6 Å². The first-order chi connectivity index (χ1) is 9.79. The minimum atomic E-state index is -0.501. The number of aliphatic hydroxyl groups excluding tert-OH is 1. The predicted molar refractivity (Wildman–Crippen MR) is 77.7 cm³/mol. The number of hydrogen-bond acceptors (Lipinski definition) is 5. The summed E-state index contributed by atoms with van der Waals surface area (Å²) in [6.45, 7) is 4.74. The molecule has 1 saturated heterocycles. The van der Waals surface area contributed by atoms with E-state index in [1.54, 1.807) is 0 Å². The second-order valence-corrected chi connectivity index (χ2v) is 5.04. The zero-order chi connectivity index (χ0) is 14.2. The fourth-order valence-electron chi connectivity index (χ4n) is 2.33. The van der Waals surface area contributed by atoms with Crippen molar-refractivity contribution >= 4 is 0 Å². The van der Waals surface area contributed by atoms with Gasteiger partial charge in [0.05, 0.1) is 6.61 Å². The number of rotatable bonds is 6. The quantitative estimate of drug-likeness (QED) is 0.799. The second kappa shape index (κ2) is 8.21. The van der Waals surface area contributed by atoms with Gasteiger partial charge in [-0.1, -0.05) is 18.2 Å². The van der Waals surface area contributed by atoms with Crippen LogP contribution in [0.3, 0.4) is 0 Å². The van der Waals surface area contributed by atoms with Gasteiger partial charge in [-0.15, -0.1) is 0 Å². The van der Waals surface area contributed by atoms with Gasteiger partial charge >= 0.3 is 0 Å². The van der Waals surface area contributed by atoms with Crippen LogP contribution in [0.1, 0.15) is 12.0 Å². The number of para-hydroxylation sites is 1. The maximum Gasteiger partial charge on any atom is 0.123 e. The van der Waals surface area contributed by atoms with E-state index in [1.165, 1.54) is 0 Å². The molecular weight excluding hydrogens is 256 g/mol. The number of nitrogens with zero attached hydrogens (tertiary/aromatic N) is 1. The molecule has 0 amide bonds. The van der Waals surface area contributed by atoms with E-state index in [0.717, 1.165) is 44.0 Å². The molecule has 112 valence electrons. The number of benzene rings is 1. The Morgan fingerprint density at radius 2 is 2.15 bits per heavy atom. The Morgan fingerprint density at radius 3 is 3.00 bits per heavy atom. The van der Waals surface area contributed by atoms with Crippen LogP contribution in [-0.4, -0.2) is 55.6 Å². The van der Waals surface area contributed by atoms with Gasteiger partial charge < -0.3 is 20.3 Å². The summed E-state index contributed by atoms with van der Waals surface area (Å²) in [4.78, 5) is 2.22. The Bertz CT molecular complexity index is 392. The zero-order valence-corrected chi connectivity index (χ0v) is 11.8. The van der Waals surface area contributed by atoms with Gasteiger partial charge in [-0.05, 0) is 12.5 Å². The molecule has 0 radical (unpaired) electrons. The number of nitrogens with two attached hydrogens (primary N) is 1. The highest BCUT2D eigenvalue weighted by atomic mass is 16.5. The molecule has 3 N–H and O–H groups in total. The zero-order valence-electron chi connectivity index (χ0n) is 11.8. The Hall–Kier alpha value is -1.14. The SMILES string of the molecule is NCc1ccccc1OCC(O)CN1CCCOCC1. The van der Waals surface area contributed by atoms with Crippen molar-refractivity contribution in [3.8, 4) is 5.75 Å². The van der Waals surface area contributed by atoms with Crippen molar-refractivity contribution in [3.63, 3.8) is 0 Å². The summed E-state index contributed by atoms with van der Waals surface area (Å²) >= 11 is 0.